The quantitative estimate of drug-likeness (QED) is 0.330. The first-order chi connectivity index (χ1) is 18.0. The number of aromatic nitrogens is 1. The SMILES string of the molecule is CC(C)Oc1ccc(C#Cc2ccc3c(c2)OCO3)cc1C(=O)N[C@@H](CO)Cc1c[nH]c2ccccc12. The van der Waals surface area contributed by atoms with Gasteiger partial charge in [-0.05, 0) is 68.3 Å². The maximum atomic E-state index is 13.4. The van der Waals surface area contributed by atoms with E-state index in [1.54, 1.807) is 12.1 Å². The lowest BCUT2D eigenvalue weighted by Gasteiger charge is -2.19. The lowest BCUT2D eigenvalue weighted by atomic mass is 10.0. The number of ether oxygens (including phenoxy) is 3. The van der Waals surface area contributed by atoms with Crippen LogP contribution in [0.1, 0.15) is 40.9 Å². The third-order valence-electron chi connectivity index (χ3n) is 6.01. The van der Waals surface area contributed by atoms with Gasteiger partial charge in [-0.1, -0.05) is 30.0 Å². The van der Waals surface area contributed by atoms with E-state index in [0.29, 0.717) is 34.8 Å². The normalized spacial score (nSPS) is 12.8. The lowest BCUT2D eigenvalue weighted by Crippen LogP contribution is -2.39. The fourth-order valence-corrected chi connectivity index (χ4v) is 4.25. The van der Waals surface area contributed by atoms with Crippen LogP contribution in [-0.4, -0.2) is 41.5 Å². The number of aromatic amines is 1. The number of H-pyrrole nitrogens is 1. The van der Waals surface area contributed by atoms with Crippen molar-refractivity contribution in [3.63, 3.8) is 0 Å². The number of nitrogens with one attached hydrogen (secondary N) is 2. The van der Waals surface area contributed by atoms with Gasteiger partial charge in [-0.15, -0.1) is 0 Å². The molecule has 188 valence electrons. The standard InChI is InChI=1S/C30H28N2O5/c1-19(2)37-27-11-9-20(7-8-21-10-12-28-29(14-21)36-18-35-28)13-25(27)30(34)32-23(17-33)15-22-16-31-26-6-4-3-5-24(22)26/h3-6,9-14,16,19,23,31,33H,15,17-18H2,1-2H3,(H,32,34)/t23-/m1/s1. The van der Waals surface area contributed by atoms with Crippen molar-refractivity contribution >= 4 is 16.8 Å². The average molecular weight is 497 g/mol. The zero-order valence-corrected chi connectivity index (χ0v) is 20.7. The van der Waals surface area contributed by atoms with E-state index in [1.165, 1.54) is 0 Å². The molecule has 7 nitrogen and oxygen atoms in total. The second-order valence-corrected chi connectivity index (χ2v) is 9.11. The molecule has 1 aliphatic heterocycles. The summed E-state index contributed by atoms with van der Waals surface area (Å²) < 4.78 is 16.7. The average Bonchev–Trinajstić information content (AvgIpc) is 3.54. The molecule has 0 fully saturated rings. The largest absolute Gasteiger partial charge is 0.490 e. The van der Waals surface area contributed by atoms with Gasteiger partial charge in [-0.2, -0.15) is 0 Å². The summed E-state index contributed by atoms with van der Waals surface area (Å²) in [4.78, 5) is 16.6. The molecule has 0 saturated carbocycles. The molecule has 5 rings (SSSR count). The highest BCUT2D eigenvalue weighted by Gasteiger charge is 2.20. The highest BCUT2D eigenvalue weighted by Crippen LogP contribution is 2.32. The summed E-state index contributed by atoms with van der Waals surface area (Å²) in [7, 11) is 0. The Morgan fingerprint density at radius 1 is 1.05 bits per heavy atom. The van der Waals surface area contributed by atoms with Crippen LogP contribution in [0.3, 0.4) is 0 Å². The summed E-state index contributed by atoms with van der Waals surface area (Å²) in [6.45, 7) is 3.82. The number of fused-ring (bicyclic) bond motifs is 2. The van der Waals surface area contributed by atoms with E-state index in [-0.39, 0.29) is 25.4 Å². The number of carbonyl (C=O) groups excluding carboxylic acids is 1. The lowest BCUT2D eigenvalue weighted by molar-refractivity contribution is 0.0910. The summed E-state index contributed by atoms with van der Waals surface area (Å²) >= 11 is 0. The second-order valence-electron chi connectivity index (χ2n) is 9.11. The minimum atomic E-state index is -0.470. The van der Waals surface area contributed by atoms with Crippen LogP contribution in [0, 0.1) is 11.8 Å². The van der Waals surface area contributed by atoms with Crippen molar-refractivity contribution in [2.75, 3.05) is 13.4 Å². The number of carbonyl (C=O) groups is 1. The van der Waals surface area contributed by atoms with E-state index in [2.05, 4.69) is 22.1 Å². The van der Waals surface area contributed by atoms with Crippen molar-refractivity contribution in [1.82, 2.24) is 10.3 Å². The molecule has 3 aromatic carbocycles. The zero-order chi connectivity index (χ0) is 25.8. The number of para-hydroxylation sites is 1. The van der Waals surface area contributed by atoms with Crippen LogP contribution in [0.5, 0.6) is 17.2 Å². The first-order valence-electron chi connectivity index (χ1n) is 12.2. The summed E-state index contributed by atoms with van der Waals surface area (Å²) in [6, 6.07) is 18.3. The van der Waals surface area contributed by atoms with E-state index in [0.717, 1.165) is 22.0 Å². The number of benzene rings is 3. The van der Waals surface area contributed by atoms with E-state index < -0.39 is 6.04 Å². The molecule has 0 spiro atoms. The number of hydrogen-bond donors (Lipinski definition) is 3. The van der Waals surface area contributed by atoms with Crippen molar-refractivity contribution in [3.05, 3.63) is 89.1 Å². The summed E-state index contributed by atoms with van der Waals surface area (Å²) in [5, 5.41) is 14.1. The number of rotatable bonds is 7. The Bertz CT molecular complexity index is 1490. The molecule has 7 heteroatoms. The van der Waals surface area contributed by atoms with Crippen LogP contribution < -0.4 is 19.5 Å². The van der Waals surface area contributed by atoms with Crippen molar-refractivity contribution in [3.8, 4) is 29.1 Å². The highest BCUT2D eigenvalue weighted by molar-refractivity contribution is 5.97. The Morgan fingerprint density at radius 2 is 1.81 bits per heavy atom. The molecule has 0 saturated heterocycles. The van der Waals surface area contributed by atoms with Crippen molar-refractivity contribution < 1.29 is 24.1 Å². The van der Waals surface area contributed by atoms with Gasteiger partial charge >= 0.3 is 0 Å². The van der Waals surface area contributed by atoms with E-state index in [9.17, 15) is 9.90 Å². The van der Waals surface area contributed by atoms with Crippen LogP contribution in [0.4, 0.5) is 0 Å². The van der Waals surface area contributed by atoms with E-state index in [4.69, 9.17) is 14.2 Å². The first kappa shape index (κ1) is 24.3. The first-order valence-corrected chi connectivity index (χ1v) is 12.2. The maximum Gasteiger partial charge on any atom is 0.255 e. The van der Waals surface area contributed by atoms with Gasteiger partial charge in [0.05, 0.1) is 24.3 Å². The molecule has 0 unspecified atom stereocenters. The molecular formula is C30H28N2O5. The van der Waals surface area contributed by atoms with Gasteiger partial charge in [0.1, 0.15) is 5.75 Å². The highest BCUT2D eigenvalue weighted by atomic mass is 16.7. The van der Waals surface area contributed by atoms with Crippen LogP contribution in [-0.2, 0) is 6.42 Å². The molecule has 1 atom stereocenters. The summed E-state index contributed by atoms with van der Waals surface area (Å²) in [6.07, 6.45) is 2.28. The Labute approximate surface area is 215 Å². The van der Waals surface area contributed by atoms with Crippen molar-refractivity contribution in [2.24, 2.45) is 0 Å². The van der Waals surface area contributed by atoms with E-state index >= 15 is 0 Å². The van der Waals surface area contributed by atoms with Crippen molar-refractivity contribution in [2.45, 2.75) is 32.4 Å². The van der Waals surface area contributed by atoms with Crippen LogP contribution in [0.25, 0.3) is 10.9 Å². The molecule has 2 heterocycles. The van der Waals surface area contributed by atoms with Gasteiger partial charge in [0, 0.05) is 28.2 Å². The van der Waals surface area contributed by atoms with Crippen LogP contribution in [0.15, 0.2) is 66.9 Å². The predicted octanol–water partition coefficient (Wildman–Crippen LogP) is 4.42. The minimum absolute atomic E-state index is 0.114. The summed E-state index contributed by atoms with van der Waals surface area (Å²) in [5.41, 5.74) is 3.84. The Kier molecular flexibility index (Phi) is 7.02. The second kappa shape index (κ2) is 10.7. The number of aliphatic hydroxyl groups excluding tert-OH is 1. The summed E-state index contributed by atoms with van der Waals surface area (Å²) in [5.74, 6) is 7.73. The molecule has 1 aliphatic rings. The molecule has 0 aliphatic carbocycles. The van der Waals surface area contributed by atoms with Gasteiger partial charge in [0.2, 0.25) is 6.79 Å². The molecule has 37 heavy (non-hydrogen) atoms. The van der Waals surface area contributed by atoms with Gasteiger partial charge < -0.3 is 29.6 Å². The van der Waals surface area contributed by atoms with Gasteiger partial charge in [0.15, 0.2) is 11.5 Å². The zero-order valence-electron chi connectivity index (χ0n) is 20.7. The van der Waals surface area contributed by atoms with Gasteiger partial charge in [0.25, 0.3) is 5.91 Å². The molecule has 0 radical (unpaired) electrons. The number of amides is 1. The number of aliphatic hydroxyl groups is 1. The van der Waals surface area contributed by atoms with Gasteiger partial charge in [-0.3, -0.25) is 4.79 Å². The molecule has 0 bridgehead atoms. The molecule has 1 aromatic heterocycles. The minimum Gasteiger partial charge on any atom is -0.490 e. The smallest absolute Gasteiger partial charge is 0.255 e. The monoisotopic (exact) mass is 496 g/mol. The Morgan fingerprint density at radius 3 is 2.62 bits per heavy atom. The van der Waals surface area contributed by atoms with Crippen molar-refractivity contribution in [1.29, 1.82) is 0 Å². The molecule has 1 amide bonds. The van der Waals surface area contributed by atoms with Gasteiger partial charge in [-0.25, -0.2) is 0 Å². The maximum absolute atomic E-state index is 13.4. The Hall–Kier alpha value is -4.41. The molecular weight excluding hydrogens is 468 g/mol. The molecule has 4 aromatic rings. The van der Waals surface area contributed by atoms with Crippen LogP contribution >= 0.6 is 0 Å². The number of hydrogen-bond acceptors (Lipinski definition) is 5. The topological polar surface area (TPSA) is 92.8 Å². The fraction of sp³-hybridized carbons (Fsp3) is 0.233. The van der Waals surface area contributed by atoms with E-state index in [1.807, 2.05) is 68.6 Å². The van der Waals surface area contributed by atoms with Crippen LogP contribution in [0.2, 0.25) is 0 Å². The third kappa shape index (κ3) is 5.55. The predicted molar refractivity (Wildman–Crippen MR) is 141 cm³/mol. The fourth-order valence-electron chi connectivity index (χ4n) is 4.25. The molecule has 3 N–H and O–H groups in total. The third-order valence-corrected chi connectivity index (χ3v) is 6.01. The Balaban J connectivity index is 1.37.